The van der Waals surface area contributed by atoms with Crippen LogP contribution in [0.4, 0.5) is 10.1 Å². The summed E-state index contributed by atoms with van der Waals surface area (Å²) in [6.45, 7) is 4.61. The zero-order valence-corrected chi connectivity index (χ0v) is 13.3. The molecular formula is C17H21FN2S. The standard InChI is InChI=1S/C17H21FN2S/c1-11-7-17(15(12(2)19)8-16(11)18)20(14-3-4-14)9-13-5-6-21-10-13/h5-8,10,12,14H,3-4,9,19H2,1-2H3/t12-/m0/s1. The molecule has 0 bridgehead atoms. The zero-order chi connectivity index (χ0) is 15.0. The van der Waals surface area contributed by atoms with Crippen LogP contribution < -0.4 is 10.6 Å². The van der Waals surface area contributed by atoms with Crippen LogP contribution in [0.15, 0.2) is 29.0 Å². The lowest BCUT2D eigenvalue weighted by atomic mass is 10.0. The van der Waals surface area contributed by atoms with Crippen LogP contribution in [-0.2, 0) is 6.54 Å². The van der Waals surface area contributed by atoms with Gasteiger partial charge in [-0.1, -0.05) is 0 Å². The number of benzene rings is 1. The van der Waals surface area contributed by atoms with E-state index in [-0.39, 0.29) is 11.9 Å². The Morgan fingerprint density at radius 3 is 2.76 bits per heavy atom. The summed E-state index contributed by atoms with van der Waals surface area (Å²) in [6, 6.07) is 6.12. The summed E-state index contributed by atoms with van der Waals surface area (Å²) >= 11 is 1.71. The molecular weight excluding hydrogens is 283 g/mol. The molecule has 1 aromatic carbocycles. The number of nitrogens with zero attached hydrogens (tertiary/aromatic N) is 1. The van der Waals surface area contributed by atoms with Crippen LogP contribution in [0.2, 0.25) is 0 Å². The second kappa shape index (κ2) is 5.78. The van der Waals surface area contributed by atoms with Crippen LogP contribution in [0.3, 0.4) is 0 Å². The number of aryl methyl sites for hydroxylation is 1. The predicted molar refractivity (Wildman–Crippen MR) is 87.3 cm³/mol. The highest BCUT2D eigenvalue weighted by Crippen LogP contribution is 2.37. The van der Waals surface area contributed by atoms with E-state index in [2.05, 4.69) is 21.7 Å². The number of rotatable bonds is 5. The van der Waals surface area contributed by atoms with E-state index < -0.39 is 0 Å². The Kier molecular flexibility index (Phi) is 4.00. The molecule has 0 amide bonds. The van der Waals surface area contributed by atoms with Gasteiger partial charge in [-0.3, -0.25) is 0 Å². The van der Waals surface area contributed by atoms with Crippen molar-refractivity contribution in [2.75, 3.05) is 4.90 Å². The third kappa shape index (κ3) is 3.11. The summed E-state index contributed by atoms with van der Waals surface area (Å²) in [5.41, 5.74) is 10.1. The van der Waals surface area contributed by atoms with E-state index in [4.69, 9.17) is 5.73 Å². The van der Waals surface area contributed by atoms with E-state index in [0.717, 1.165) is 17.8 Å². The minimum Gasteiger partial charge on any atom is -0.364 e. The van der Waals surface area contributed by atoms with E-state index in [1.165, 1.54) is 18.4 Å². The molecule has 1 aliphatic rings. The van der Waals surface area contributed by atoms with Crippen LogP contribution in [-0.4, -0.2) is 6.04 Å². The first-order chi connectivity index (χ1) is 10.1. The number of thiophene rings is 1. The smallest absolute Gasteiger partial charge is 0.126 e. The van der Waals surface area contributed by atoms with Gasteiger partial charge < -0.3 is 10.6 Å². The summed E-state index contributed by atoms with van der Waals surface area (Å²) < 4.78 is 13.9. The highest BCUT2D eigenvalue weighted by Gasteiger charge is 2.31. The SMILES string of the molecule is Cc1cc(N(Cc2ccsc2)C2CC2)c([C@H](C)N)cc1F. The maximum Gasteiger partial charge on any atom is 0.126 e. The lowest BCUT2D eigenvalue weighted by Crippen LogP contribution is -2.27. The molecule has 4 heteroatoms. The topological polar surface area (TPSA) is 29.3 Å². The maximum absolute atomic E-state index is 13.9. The van der Waals surface area contributed by atoms with Crippen molar-refractivity contribution in [1.29, 1.82) is 0 Å². The molecule has 1 heterocycles. The van der Waals surface area contributed by atoms with Crippen LogP contribution in [0.1, 0.15) is 42.5 Å². The molecule has 21 heavy (non-hydrogen) atoms. The van der Waals surface area contributed by atoms with Crippen molar-refractivity contribution in [2.45, 2.75) is 45.3 Å². The molecule has 1 fully saturated rings. The average molecular weight is 304 g/mol. The van der Waals surface area contributed by atoms with Crippen LogP contribution in [0.5, 0.6) is 0 Å². The van der Waals surface area contributed by atoms with Gasteiger partial charge in [-0.25, -0.2) is 4.39 Å². The molecule has 1 aromatic heterocycles. The number of nitrogens with two attached hydrogens (primary N) is 1. The molecule has 112 valence electrons. The minimum atomic E-state index is -0.169. The van der Waals surface area contributed by atoms with E-state index in [0.29, 0.717) is 11.6 Å². The van der Waals surface area contributed by atoms with E-state index in [9.17, 15) is 4.39 Å². The maximum atomic E-state index is 13.9. The van der Waals surface area contributed by atoms with E-state index >= 15 is 0 Å². The normalized spacial score (nSPS) is 16.0. The second-order valence-electron chi connectivity index (χ2n) is 5.94. The Morgan fingerprint density at radius 1 is 1.43 bits per heavy atom. The largest absolute Gasteiger partial charge is 0.364 e. The van der Waals surface area contributed by atoms with E-state index in [1.807, 2.05) is 19.9 Å². The second-order valence-corrected chi connectivity index (χ2v) is 6.72. The average Bonchev–Trinajstić information content (AvgIpc) is 3.15. The summed E-state index contributed by atoms with van der Waals surface area (Å²) in [5.74, 6) is -0.169. The number of halogens is 1. The quantitative estimate of drug-likeness (QED) is 0.888. The van der Waals surface area contributed by atoms with Gasteiger partial charge in [-0.05, 0) is 72.3 Å². The molecule has 2 nitrogen and oxygen atoms in total. The van der Waals surface area contributed by atoms with Crippen molar-refractivity contribution >= 4 is 17.0 Å². The van der Waals surface area contributed by atoms with Crippen molar-refractivity contribution in [2.24, 2.45) is 5.73 Å². The molecule has 1 atom stereocenters. The fourth-order valence-electron chi connectivity index (χ4n) is 2.67. The lowest BCUT2D eigenvalue weighted by molar-refractivity contribution is 0.611. The summed E-state index contributed by atoms with van der Waals surface area (Å²) in [4.78, 5) is 2.40. The number of anilines is 1. The minimum absolute atomic E-state index is 0.168. The van der Waals surface area contributed by atoms with Gasteiger partial charge in [0.05, 0.1) is 0 Å². The molecule has 0 saturated heterocycles. The van der Waals surface area contributed by atoms with Gasteiger partial charge in [0, 0.05) is 24.3 Å². The molecule has 1 aliphatic carbocycles. The Bertz CT molecular complexity index is 618. The predicted octanol–water partition coefficient (Wildman–Crippen LogP) is 4.38. The Hall–Kier alpha value is -1.39. The van der Waals surface area contributed by atoms with Crippen molar-refractivity contribution in [3.8, 4) is 0 Å². The fraction of sp³-hybridized carbons (Fsp3) is 0.412. The lowest BCUT2D eigenvalue weighted by Gasteiger charge is -2.28. The fourth-order valence-corrected chi connectivity index (χ4v) is 3.33. The molecule has 3 rings (SSSR count). The van der Waals surface area contributed by atoms with Crippen molar-refractivity contribution in [1.82, 2.24) is 0 Å². The van der Waals surface area contributed by atoms with Gasteiger partial charge in [-0.15, -0.1) is 0 Å². The van der Waals surface area contributed by atoms with Crippen molar-refractivity contribution in [3.05, 3.63) is 51.5 Å². The van der Waals surface area contributed by atoms with Crippen molar-refractivity contribution < 1.29 is 4.39 Å². The molecule has 0 unspecified atom stereocenters. The number of hydrogen-bond acceptors (Lipinski definition) is 3. The van der Waals surface area contributed by atoms with Crippen molar-refractivity contribution in [3.63, 3.8) is 0 Å². The van der Waals surface area contributed by atoms with Gasteiger partial charge in [-0.2, -0.15) is 11.3 Å². The Balaban J connectivity index is 2.00. The highest BCUT2D eigenvalue weighted by molar-refractivity contribution is 7.07. The highest BCUT2D eigenvalue weighted by atomic mass is 32.1. The summed E-state index contributed by atoms with van der Waals surface area (Å²) in [6.07, 6.45) is 2.41. The van der Waals surface area contributed by atoms with Gasteiger partial charge >= 0.3 is 0 Å². The summed E-state index contributed by atoms with van der Waals surface area (Å²) in [7, 11) is 0. The Labute approximate surface area is 129 Å². The van der Waals surface area contributed by atoms with Crippen LogP contribution >= 0.6 is 11.3 Å². The van der Waals surface area contributed by atoms with Gasteiger partial charge in [0.2, 0.25) is 0 Å². The third-order valence-corrected chi connectivity index (χ3v) is 4.76. The molecule has 1 saturated carbocycles. The van der Waals surface area contributed by atoms with Gasteiger partial charge in [0.25, 0.3) is 0 Å². The monoisotopic (exact) mass is 304 g/mol. The van der Waals surface area contributed by atoms with Crippen LogP contribution in [0.25, 0.3) is 0 Å². The summed E-state index contributed by atoms with van der Waals surface area (Å²) in [5, 5.41) is 4.28. The molecule has 2 N–H and O–H groups in total. The van der Waals surface area contributed by atoms with Crippen LogP contribution in [0, 0.1) is 12.7 Å². The first-order valence-corrected chi connectivity index (χ1v) is 8.34. The first-order valence-electron chi connectivity index (χ1n) is 7.39. The molecule has 0 spiro atoms. The number of hydrogen-bond donors (Lipinski definition) is 1. The van der Waals surface area contributed by atoms with Gasteiger partial charge in [0.15, 0.2) is 0 Å². The first kappa shape index (κ1) is 14.5. The molecule has 2 aromatic rings. The molecule has 0 aliphatic heterocycles. The van der Waals surface area contributed by atoms with Gasteiger partial charge in [0.1, 0.15) is 5.82 Å². The third-order valence-electron chi connectivity index (χ3n) is 4.03. The van der Waals surface area contributed by atoms with E-state index in [1.54, 1.807) is 17.4 Å². The molecule has 0 radical (unpaired) electrons. The zero-order valence-electron chi connectivity index (χ0n) is 12.5. The Morgan fingerprint density at radius 2 is 2.19 bits per heavy atom.